The van der Waals surface area contributed by atoms with Gasteiger partial charge in [-0.2, -0.15) is 0 Å². The van der Waals surface area contributed by atoms with Crippen LogP contribution < -0.4 is 4.90 Å². The highest BCUT2D eigenvalue weighted by molar-refractivity contribution is 6.30. The van der Waals surface area contributed by atoms with Gasteiger partial charge in [-0.25, -0.2) is 4.98 Å². The fourth-order valence-corrected chi connectivity index (χ4v) is 2.16. The fourth-order valence-electron chi connectivity index (χ4n) is 2.05. The second-order valence-corrected chi connectivity index (χ2v) is 5.11. The van der Waals surface area contributed by atoms with Crippen LogP contribution in [-0.4, -0.2) is 28.8 Å². The number of hydrogen-bond acceptors (Lipinski definition) is 3. The van der Waals surface area contributed by atoms with E-state index in [1.165, 1.54) is 0 Å². The molecule has 16 heavy (non-hydrogen) atoms. The van der Waals surface area contributed by atoms with Crippen LogP contribution in [0.2, 0.25) is 5.02 Å². The van der Waals surface area contributed by atoms with Crippen molar-refractivity contribution in [3.05, 3.63) is 23.4 Å². The minimum absolute atomic E-state index is 0.527. The van der Waals surface area contributed by atoms with Gasteiger partial charge in [0.15, 0.2) is 0 Å². The molecule has 0 amide bonds. The van der Waals surface area contributed by atoms with Crippen molar-refractivity contribution < 1.29 is 5.11 Å². The number of pyridine rings is 1. The van der Waals surface area contributed by atoms with Crippen molar-refractivity contribution >= 4 is 17.4 Å². The van der Waals surface area contributed by atoms with Gasteiger partial charge in [-0.3, -0.25) is 0 Å². The summed E-state index contributed by atoms with van der Waals surface area (Å²) in [7, 11) is 0. The number of halogens is 1. The molecule has 1 saturated heterocycles. The molecule has 2 heterocycles. The number of nitrogens with zero attached hydrogens (tertiary/aromatic N) is 2. The molecule has 0 aromatic carbocycles. The highest BCUT2D eigenvalue weighted by Gasteiger charge is 2.25. The molecule has 0 bridgehead atoms. The van der Waals surface area contributed by atoms with Crippen LogP contribution in [0.5, 0.6) is 0 Å². The summed E-state index contributed by atoms with van der Waals surface area (Å²) in [5.74, 6) is 0.946. The van der Waals surface area contributed by atoms with E-state index in [1.807, 2.05) is 19.1 Å². The molecular formula is C12H17ClN2O. The Bertz CT molecular complexity index is 351. The number of aliphatic hydroxyl groups is 1. The summed E-state index contributed by atoms with van der Waals surface area (Å²) >= 11 is 5.81. The van der Waals surface area contributed by atoms with E-state index in [0.29, 0.717) is 5.02 Å². The summed E-state index contributed by atoms with van der Waals surface area (Å²) in [6.45, 7) is 3.71. The van der Waals surface area contributed by atoms with Gasteiger partial charge in [0.1, 0.15) is 5.82 Å². The molecule has 1 aliphatic rings. The van der Waals surface area contributed by atoms with Gasteiger partial charge in [0.25, 0.3) is 0 Å². The van der Waals surface area contributed by atoms with Crippen molar-refractivity contribution in [3.8, 4) is 0 Å². The highest BCUT2D eigenvalue weighted by atomic mass is 35.5. The molecule has 1 N–H and O–H groups in total. The Hall–Kier alpha value is -0.800. The van der Waals surface area contributed by atoms with Gasteiger partial charge in [0.05, 0.1) is 10.6 Å². The van der Waals surface area contributed by atoms with E-state index in [-0.39, 0.29) is 0 Å². The maximum atomic E-state index is 10.00. The Morgan fingerprint density at radius 2 is 2.19 bits per heavy atom. The van der Waals surface area contributed by atoms with Crippen LogP contribution >= 0.6 is 11.6 Å². The summed E-state index contributed by atoms with van der Waals surface area (Å²) in [5, 5.41) is 10.7. The first-order valence-electron chi connectivity index (χ1n) is 5.66. The Morgan fingerprint density at radius 3 is 2.88 bits per heavy atom. The zero-order valence-corrected chi connectivity index (χ0v) is 10.2. The Morgan fingerprint density at radius 1 is 1.38 bits per heavy atom. The van der Waals surface area contributed by atoms with Gasteiger partial charge in [0, 0.05) is 19.3 Å². The zero-order valence-electron chi connectivity index (χ0n) is 9.49. The molecule has 0 radical (unpaired) electrons. The third-order valence-corrected chi connectivity index (χ3v) is 3.32. The second kappa shape index (κ2) is 4.60. The number of aromatic nitrogens is 1. The van der Waals surface area contributed by atoms with Gasteiger partial charge < -0.3 is 10.0 Å². The molecule has 1 aliphatic heterocycles. The molecule has 3 nitrogen and oxygen atoms in total. The van der Waals surface area contributed by atoms with Crippen LogP contribution in [0.1, 0.15) is 26.2 Å². The van der Waals surface area contributed by atoms with E-state index < -0.39 is 5.60 Å². The molecule has 88 valence electrons. The first-order chi connectivity index (χ1) is 7.57. The van der Waals surface area contributed by atoms with Gasteiger partial charge in [-0.05, 0) is 38.3 Å². The molecular weight excluding hydrogens is 224 g/mol. The monoisotopic (exact) mass is 240 g/mol. The van der Waals surface area contributed by atoms with Crippen molar-refractivity contribution in [1.29, 1.82) is 0 Å². The average Bonchev–Trinajstić information content (AvgIpc) is 2.41. The van der Waals surface area contributed by atoms with Crippen molar-refractivity contribution in [1.82, 2.24) is 4.98 Å². The largest absolute Gasteiger partial charge is 0.390 e. The maximum Gasteiger partial charge on any atom is 0.128 e. The van der Waals surface area contributed by atoms with Crippen LogP contribution in [0.15, 0.2) is 18.3 Å². The molecule has 2 rings (SSSR count). The highest BCUT2D eigenvalue weighted by Crippen LogP contribution is 2.24. The topological polar surface area (TPSA) is 36.4 Å². The number of anilines is 1. The van der Waals surface area contributed by atoms with Crippen LogP contribution in [0, 0.1) is 0 Å². The van der Waals surface area contributed by atoms with Gasteiger partial charge in [0.2, 0.25) is 0 Å². The Labute approximate surface area is 101 Å². The molecule has 1 fully saturated rings. The Kier molecular flexibility index (Phi) is 3.36. The van der Waals surface area contributed by atoms with Crippen molar-refractivity contribution in [2.24, 2.45) is 0 Å². The van der Waals surface area contributed by atoms with E-state index >= 15 is 0 Å². The molecule has 1 atom stereocenters. The smallest absolute Gasteiger partial charge is 0.128 e. The first-order valence-corrected chi connectivity index (χ1v) is 6.03. The van der Waals surface area contributed by atoms with Gasteiger partial charge in [-0.15, -0.1) is 0 Å². The molecule has 1 aromatic rings. The summed E-state index contributed by atoms with van der Waals surface area (Å²) in [5.41, 5.74) is -0.527. The third-order valence-electron chi connectivity index (χ3n) is 3.10. The van der Waals surface area contributed by atoms with Crippen LogP contribution in [0.25, 0.3) is 0 Å². The summed E-state index contributed by atoms with van der Waals surface area (Å²) in [4.78, 5) is 6.51. The number of hydrogen-bond donors (Lipinski definition) is 1. The minimum Gasteiger partial charge on any atom is -0.390 e. The van der Waals surface area contributed by atoms with Crippen LogP contribution in [-0.2, 0) is 0 Å². The third kappa shape index (κ3) is 2.86. The summed E-state index contributed by atoms with van der Waals surface area (Å²) in [6.07, 6.45) is 4.31. The van der Waals surface area contributed by atoms with Gasteiger partial charge in [-0.1, -0.05) is 11.6 Å². The molecule has 0 saturated carbocycles. The first kappa shape index (κ1) is 11.7. The minimum atomic E-state index is -0.527. The number of rotatable bonds is 1. The average molecular weight is 241 g/mol. The van der Waals surface area contributed by atoms with Crippen LogP contribution in [0.4, 0.5) is 5.82 Å². The molecule has 0 spiro atoms. The predicted molar refractivity (Wildman–Crippen MR) is 65.9 cm³/mol. The lowest BCUT2D eigenvalue weighted by atomic mass is 9.98. The summed E-state index contributed by atoms with van der Waals surface area (Å²) in [6, 6.07) is 3.79. The van der Waals surface area contributed by atoms with E-state index in [0.717, 1.165) is 38.2 Å². The van der Waals surface area contributed by atoms with E-state index in [2.05, 4.69) is 9.88 Å². The lowest BCUT2D eigenvalue weighted by Crippen LogP contribution is -2.28. The molecule has 4 heteroatoms. The molecule has 1 aromatic heterocycles. The second-order valence-electron chi connectivity index (χ2n) is 4.67. The Balaban J connectivity index is 2.08. The summed E-state index contributed by atoms with van der Waals surface area (Å²) < 4.78 is 0. The van der Waals surface area contributed by atoms with Crippen molar-refractivity contribution in [2.45, 2.75) is 31.8 Å². The quantitative estimate of drug-likeness (QED) is 0.819. The molecule has 0 aliphatic carbocycles. The SMILES string of the molecule is CC1(O)CCCN(c2ccc(Cl)cn2)CC1. The standard InChI is InChI=1S/C12H17ClN2O/c1-12(16)5-2-7-15(8-6-12)11-4-3-10(13)9-14-11/h3-4,9,16H,2,5-8H2,1H3. The van der Waals surface area contributed by atoms with Gasteiger partial charge >= 0.3 is 0 Å². The maximum absolute atomic E-state index is 10.00. The zero-order chi connectivity index (χ0) is 11.6. The van der Waals surface area contributed by atoms with E-state index in [4.69, 9.17) is 11.6 Å². The van der Waals surface area contributed by atoms with E-state index in [1.54, 1.807) is 6.20 Å². The lowest BCUT2D eigenvalue weighted by Gasteiger charge is -2.23. The van der Waals surface area contributed by atoms with E-state index in [9.17, 15) is 5.11 Å². The normalized spacial score (nSPS) is 26.6. The predicted octanol–water partition coefficient (Wildman–Crippen LogP) is 2.48. The van der Waals surface area contributed by atoms with Crippen molar-refractivity contribution in [3.63, 3.8) is 0 Å². The lowest BCUT2D eigenvalue weighted by molar-refractivity contribution is 0.0481. The fraction of sp³-hybridized carbons (Fsp3) is 0.583. The van der Waals surface area contributed by atoms with Crippen LogP contribution in [0.3, 0.4) is 0 Å². The van der Waals surface area contributed by atoms with Crippen molar-refractivity contribution in [2.75, 3.05) is 18.0 Å². The molecule has 1 unspecified atom stereocenters.